The molecule has 1 aromatic carbocycles. The van der Waals surface area contributed by atoms with E-state index in [1.807, 2.05) is 19.1 Å². The van der Waals surface area contributed by atoms with Crippen molar-refractivity contribution >= 4 is 37.8 Å². The van der Waals surface area contributed by atoms with Gasteiger partial charge in [0.05, 0.1) is 8.95 Å². The molecule has 0 aromatic heterocycles. The molecule has 112 valence electrons. The summed E-state index contributed by atoms with van der Waals surface area (Å²) < 4.78 is 7.00. The van der Waals surface area contributed by atoms with Gasteiger partial charge in [0.15, 0.2) is 6.10 Å². The summed E-state index contributed by atoms with van der Waals surface area (Å²) in [5.41, 5.74) is 7.02. The van der Waals surface area contributed by atoms with E-state index in [1.165, 1.54) is 0 Å². The second-order valence-electron chi connectivity index (χ2n) is 4.61. The molecule has 0 radical (unpaired) electrons. The van der Waals surface area contributed by atoms with Crippen LogP contribution in [-0.4, -0.2) is 23.2 Å². The van der Waals surface area contributed by atoms with E-state index < -0.39 is 12.1 Å². The van der Waals surface area contributed by atoms with E-state index in [1.54, 1.807) is 6.92 Å². The third-order valence-corrected chi connectivity index (χ3v) is 4.16. The summed E-state index contributed by atoms with van der Waals surface area (Å²) in [5, 5.41) is 9.05. The second kappa shape index (κ2) is 8.00. The van der Waals surface area contributed by atoms with E-state index >= 15 is 0 Å². The molecule has 0 fully saturated rings. The maximum atomic E-state index is 11.0. The van der Waals surface area contributed by atoms with Crippen molar-refractivity contribution in [1.29, 1.82) is 0 Å². The Balaban J connectivity index is 2.97. The number of carboxylic acid groups (broad SMARTS) is 1. The predicted molar refractivity (Wildman–Crippen MR) is 86.2 cm³/mol. The molecule has 1 aromatic rings. The zero-order valence-electron chi connectivity index (χ0n) is 11.5. The molecule has 6 heteroatoms. The van der Waals surface area contributed by atoms with Crippen LogP contribution >= 0.6 is 31.9 Å². The van der Waals surface area contributed by atoms with E-state index in [-0.39, 0.29) is 6.04 Å². The lowest BCUT2D eigenvalue weighted by atomic mass is 10.0. The van der Waals surface area contributed by atoms with Gasteiger partial charge >= 0.3 is 5.97 Å². The van der Waals surface area contributed by atoms with E-state index in [4.69, 9.17) is 15.6 Å². The van der Waals surface area contributed by atoms with Gasteiger partial charge in [0.2, 0.25) is 0 Å². The number of hydrogen-bond donors (Lipinski definition) is 2. The first-order valence-corrected chi connectivity index (χ1v) is 8.10. The van der Waals surface area contributed by atoms with E-state index in [0.29, 0.717) is 12.2 Å². The van der Waals surface area contributed by atoms with Gasteiger partial charge < -0.3 is 15.6 Å². The van der Waals surface area contributed by atoms with Crippen LogP contribution in [0, 0.1) is 0 Å². The summed E-state index contributed by atoms with van der Waals surface area (Å²) >= 11 is 6.86. The van der Waals surface area contributed by atoms with Gasteiger partial charge in [-0.15, -0.1) is 0 Å². The number of carboxylic acids is 1. The van der Waals surface area contributed by atoms with Gasteiger partial charge in [0, 0.05) is 6.04 Å². The fraction of sp³-hybridized carbons (Fsp3) is 0.500. The third kappa shape index (κ3) is 4.75. The molecule has 0 aliphatic rings. The molecule has 0 saturated heterocycles. The van der Waals surface area contributed by atoms with Crippen LogP contribution in [0.25, 0.3) is 0 Å². The molecule has 0 aliphatic carbocycles. The van der Waals surface area contributed by atoms with Gasteiger partial charge in [-0.25, -0.2) is 4.79 Å². The highest BCUT2D eigenvalue weighted by molar-refractivity contribution is 9.11. The Morgan fingerprint density at radius 1 is 1.30 bits per heavy atom. The Labute approximate surface area is 135 Å². The molecule has 0 spiro atoms. The fourth-order valence-electron chi connectivity index (χ4n) is 1.74. The smallest absolute Gasteiger partial charge is 0.344 e. The number of halogens is 2. The SMILES string of the molecule is CCC(N)Cc1cc(Br)c(OC(CC)C(=O)O)c(Br)c1. The highest BCUT2D eigenvalue weighted by Gasteiger charge is 2.20. The molecule has 3 N–H and O–H groups in total. The van der Waals surface area contributed by atoms with Gasteiger partial charge in [-0.1, -0.05) is 13.8 Å². The highest BCUT2D eigenvalue weighted by Crippen LogP contribution is 2.36. The molecule has 0 amide bonds. The number of aliphatic carboxylic acids is 1. The van der Waals surface area contributed by atoms with Crippen molar-refractivity contribution in [2.24, 2.45) is 5.73 Å². The Morgan fingerprint density at radius 2 is 1.85 bits per heavy atom. The minimum Gasteiger partial charge on any atom is -0.479 e. The van der Waals surface area contributed by atoms with Crippen molar-refractivity contribution < 1.29 is 14.6 Å². The van der Waals surface area contributed by atoms with Crippen LogP contribution in [0.15, 0.2) is 21.1 Å². The van der Waals surface area contributed by atoms with Gasteiger partial charge in [-0.3, -0.25) is 0 Å². The highest BCUT2D eigenvalue weighted by atomic mass is 79.9. The molecule has 0 bridgehead atoms. The van der Waals surface area contributed by atoms with Crippen molar-refractivity contribution in [3.8, 4) is 5.75 Å². The number of ether oxygens (including phenoxy) is 1. The van der Waals surface area contributed by atoms with Crippen LogP contribution < -0.4 is 10.5 Å². The number of rotatable bonds is 7. The van der Waals surface area contributed by atoms with Crippen LogP contribution in [0.5, 0.6) is 5.75 Å². The van der Waals surface area contributed by atoms with Crippen LogP contribution in [0.1, 0.15) is 32.3 Å². The van der Waals surface area contributed by atoms with E-state index in [0.717, 1.165) is 27.4 Å². The number of carbonyl (C=O) groups is 1. The van der Waals surface area contributed by atoms with E-state index in [9.17, 15) is 4.79 Å². The summed E-state index contributed by atoms with van der Waals surface area (Å²) in [6.07, 6.45) is 1.22. The monoisotopic (exact) mass is 407 g/mol. The average molecular weight is 409 g/mol. The fourth-order valence-corrected chi connectivity index (χ4v) is 3.21. The summed E-state index contributed by atoms with van der Waals surface area (Å²) in [4.78, 5) is 11.0. The zero-order valence-corrected chi connectivity index (χ0v) is 14.7. The lowest BCUT2D eigenvalue weighted by Gasteiger charge is -2.17. The first kappa shape index (κ1) is 17.5. The Bertz CT molecular complexity index is 456. The first-order valence-electron chi connectivity index (χ1n) is 6.51. The van der Waals surface area contributed by atoms with Crippen LogP contribution in [-0.2, 0) is 11.2 Å². The van der Waals surface area contributed by atoms with Crippen molar-refractivity contribution in [2.45, 2.75) is 45.3 Å². The van der Waals surface area contributed by atoms with E-state index in [2.05, 4.69) is 31.9 Å². The number of benzene rings is 1. The van der Waals surface area contributed by atoms with Gasteiger partial charge in [-0.2, -0.15) is 0 Å². The maximum Gasteiger partial charge on any atom is 0.344 e. The lowest BCUT2D eigenvalue weighted by Crippen LogP contribution is -2.26. The minimum atomic E-state index is -0.969. The number of nitrogens with two attached hydrogens (primary N) is 1. The van der Waals surface area contributed by atoms with Crippen LogP contribution in [0.3, 0.4) is 0 Å². The minimum absolute atomic E-state index is 0.114. The Morgan fingerprint density at radius 3 is 2.25 bits per heavy atom. The van der Waals surface area contributed by atoms with Gasteiger partial charge in [-0.05, 0) is 68.8 Å². The molecule has 4 nitrogen and oxygen atoms in total. The zero-order chi connectivity index (χ0) is 15.3. The topological polar surface area (TPSA) is 72.5 Å². The molecular formula is C14H19Br2NO3. The van der Waals surface area contributed by atoms with Crippen molar-refractivity contribution in [1.82, 2.24) is 0 Å². The molecule has 0 aliphatic heterocycles. The predicted octanol–water partition coefficient (Wildman–Crippen LogP) is 3.73. The third-order valence-electron chi connectivity index (χ3n) is 2.99. The molecule has 2 atom stereocenters. The van der Waals surface area contributed by atoms with Crippen molar-refractivity contribution in [3.63, 3.8) is 0 Å². The normalized spacial score (nSPS) is 13.8. The average Bonchev–Trinajstić information content (AvgIpc) is 2.37. The summed E-state index contributed by atoms with van der Waals surface area (Å²) in [6.45, 7) is 3.82. The molecular weight excluding hydrogens is 390 g/mol. The Hall–Kier alpha value is -0.590. The molecule has 0 saturated carbocycles. The van der Waals surface area contributed by atoms with Crippen molar-refractivity contribution in [3.05, 3.63) is 26.6 Å². The largest absolute Gasteiger partial charge is 0.479 e. The molecule has 1 rings (SSSR count). The summed E-state index contributed by atoms with van der Waals surface area (Å²) in [7, 11) is 0. The standard InChI is InChI=1S/C14H19Br2NO3/c1-3-9(17)5-8-6-10(15)13(11(16)7-8)20-12(4-2)14(18)19/h6-7,9,12H,3-5,17H2,1-2H3,(H,18,19). The Kier molecular flexibility index (Phi) is 6.99. The van der Waals surface area contributed by atoms with Crippen LogP contribution in [0.4, 0.5) is 0 Å². The summed E-state index contributed by atoms with van der Waals surface area (Å²) in [5.74, 6) is -0.462. The second-order valence-corrected chi connectivity index (χ2v) is 6.32. The lowest BCUT2D eigenvalue weighted by molar-refractivity contribution is -0.145. The van der Waals surface area contributed by atoms with Gasteiger partial charge in [0.25, 0.3) is 0 Å². The van der Waals surface area contributed by atoms with Gasteiger partial charge in [0.1, 0.15) is 5.75 Å². The first-order chi connectivity index (χ1) is 9.38. The molecule has 0 heterocycles. The quantitative estimate of drug-likeness (QED) is 0.720. The molecule has 2 unspecified atom stereocenters. The number of hydrogen-bond acceptors (Lipinski definition) is 3. The maximum absolute atomic E-state index is 11.0. The van der Waals surface area contributed by atoms with Crippen molar-refractivity contribution in [2.75, 3.05) is 0 Å². The van der Waals surface area contributed by atoms with Crippen LogP contribution in [0.2, 0.25) is 0 Å². The molecule has 20 heavy (non-hydrogen) atoms. The summed E-state index contributed by atoms with van der Waals surface area (Å²) in [6, 6.07) is 3.96.